The molecule has 214 valence electrons. The van der Waals surface area contributed by atoms with Gasteiger partial charge in [0.05, 0.1) is 28.6 Å². The molecule has 2 aromatic heterocycles. The van der Waals surface area contributed by atoms with Gasteiger partial charge in [0.15, 0.2) is 0 Å². The van der Waals surface area contributed by atoms with Crippen molar-refractivity contribution in [1.82, 2.24) is 19.2 Å². The molecule has 2 heterocycles. The van der Waals surface area contributed by atoms with Gasteiger partial charge in [-0.05, 0) is 81.1 Å². The molecule has 8 nitrogen and oxygen atoms in total. The Balaban J connectivity index is 1.55. The lowest BCUT2D eigenvalue weighted by atomic mass is 9.89. The molecule has 0 saturated carbocycles. The molecule has 0 aliphatic carbocycles. The Morgan fingerprint density at radius 1 is 0.976 bits per heavy atom. The van der Waals surface area contributed by atoms with Crippen LogP contribution in [0.5, 0.6) is 5.75 Å². The molecule has 0 fully saturated rings. The third kappa shape index (κ3) is 5.44. The molecule has 5 rings (SSSR count). The van der Waals surface area contributed by atoms with E-state index in [2.05, 4.69) is 23.1 Å². The second-order valence-electron chi connectivity index (χ2n) is 11.5. The van der Waals surface area contributed by atoms with Gasteiger partial charge in [-0.25, -0.2) is 9.08 Å². The van der Waals surface area contributed by atoms with Gasteiger partial charge >= 0.3 is 0 Å². The van der Waals surface area contributed by atoms with E-state index in [-0.39, 0.29) is 5.56 Å². The van der Waals surface area contributed by atoms with Crippen molar-refractivity contribution in [3.05, 3.63) is 112 Å². The van der Waals surface area contributed by atoms with E-state index in [1.807, 2.05) is 74.5 Å². The van der Waals surface area contributed by atoms with Crippen molar-refractivity contribution in [1.29, 1.82) is 5.26 Å². The van der Waals surface area contributed by atoms with Gasteiger partial charge in [-0.2, -0.15) is 15.3 Å². The molecule has 0 radical (unpaired) electrons. The lowest BCUT2D eigenvalue weighted by Gasteiger charge is -2.37. The molecule has 0 aliphatic heterocycles. The molecule has 5 aromatic rings. The van der Waals surface area contributed by atoms with Gasteiger partial charge in [-0.1, -0.05) is 55.8 Å². The Morgan fingerprint density at radius 3 is 2.31 bits per heavy atom. The van der Waals surface area contributed by atoms with E-state index in [0.29, 0.717) is 41.2 Å². The van der Waals surface area contributed by atoms with Crippen molar-refractivity contribution in [3.63, 3.8) is 0 Å². The molecule has 0 saturated heterocycles. The van der Waals surface area contributed by atoms with Crippen LogP contribution in [0.1, 0.15) is 63.4 Å². The van der Waals surface area contributed by atoms with Gasteiger partial charge in [-0.15, -0.1) is 0 Å². The van der Waals surface area contributed by atoms with Crippen LogP contribution in [0.25, 0.3) is 22.6 Å². The molecule has 0 unspecified atom stereocenters. The third-order valence-electron chi connectivity index (χ3n) is 7.92. The molecule has 0 atom stereocenters. The number of aryl methyl sites for hydroxylation is 1. The van der Waals surface area contributed by atoms with Crippen LogP contribution in [0.3, 0.4) is 0 Å². The fourth-order valence-electron chi connectivity index (χ4n) is 4.88. The molecule has 42 heavy (non-hydrogen) atoms. The fourth-order valence-corrected chi connectivity index (χ4v) is 4.88. The van der Waals surface area contributed by atoms with Gasteiger partial charge in [0.25, 0.3) is 5.56 Å². The summed E-state index contributed by atoms with van der Waals surface area (Å²) in [6.07, 6.45) is 3.42. The quantitative estimate of drug-likeness (QED) is 0.241. The largest absolute Gasteiger partial charge is 0.485 e. The van der Waals surface area contributed by atoms with E-state index in [0.717, 1.165) is 28.8 Å². The number of hydrogen-bond donors (Lipinski definition) is 1. The van der Waals surface area contributed by atoms with Crippen LogP contribution in [0.2, 0.25) is 0 Å². The molecular formula is C34H35N5O3. The van der Waals surface area contributed by atoms with E-state index in [4.69, 9.17) is 4.74 Å². The van der Waals surface area contributed by atoms with Crippen LogP contribution in [0, 0.1) is 11.3 Å². The predicted molar refractivity (Wildman–Crippen MR) is 163 cm³/mol. The van der Waals surface area contributed by atoms with Crippen molar-refractivity contribution >= 4 is 5.78 Å². The summed E-state index contributed by atoms with van der Waals surface area (Å²) in [6, 6.07) is 25.0. The van der Waals surface area contributed by atoms with Crippen molar-refractivity contribution in [2.45, 2.75) is 65.1 Å². The first-order valence-corrected chi connectivity index (χ1v) is 14.1. The highest BCUT2D eigenvalue weighted by molar-refractivity contribution is 5.70. The van der Waals surface area contributed by atoms with Crippen LogP contribution in [-0.4, -0.2) is 35.5 Å². The van der Waals surface area contributed by atoms with E-state index in [1.165, 1.54) is 6.33 Å². The Labute approximate surface area is 245 Å². The molecule has 0 amide bonds. The van der Waals surface area contributed by atoms with Crippen LogP contribution >= 0.6 is 0 Å². The van der Waals surface area contributed by atoms with Gasteiger partial charge in [-0.3, -0.25) is 4.79 Å². The number of aromatic nitrogens is 4. The maximum Gasteiger partial charge on any atom is 0.263 e. The fraction of sp³-hybridized carbons (Fsp3) is 0.294. The summed E-state index contributed by atoms with van der Waals surface area (Å²) in [4.78, 5) is 18.6. The molecule has 0 spiro atoms. The van der Waals surface area contributed by atoms with Crippen molar-refractivity contribution < 1.29 is 9.84 Å². The minimum atomic E-state index is -1.06. The maximum atomic E-state index is 14.2. The number of aliphatic hydroxyl groups is 1. The monoisotopic (exact) mass is 561 g/mol. The number of fused-ring (bicyclic) bond motifs is 1. The zero-order valence-corrected chi connectivity index (χ0v) is 24.6. The third-order valence-corrected chi connectivity index (χ3v) is 7.92. The van der Waals surface area contributed by atoms with E-state index >= 15 is 0 Å². The molecule has 0 bridgehead atoms. The van der Waals surface area contributed by atoms with Crippen LogP contribution < -0.4 is 10.3 Å². The van der Waals surface area contributed by atoms with Gasteiger partial charge in [0.2, 0.25) is 5.78 Å². The predicted octanol–water partition coefficient (Wildman–Crippen LogP) is 5.89. The Hall–Kier alpha value is -4.74. The summed E-state index contributed by atoms with van der Waals surface area (Å²) in [5.74, 6) is 1.03. The number of ether oxygens (including phenoxy) is 1. The van der Waals surface area contributed by atoms with Crippen LogP contribution in [0.4, 0.5) is 0 Å². The minimum absolute atomic E-state index is 0.150. The first kappa shape index (κ1) is 28.8. The van der Waals surface area contributed by atoms with Gasteiger partial charge in [0, 0.05) is 12.0 Å². The highest BCUT2D eigenvalue weighted by Gasteiger charge is 2.37. The van der Waals surface area contributed by atoms with Gasteiger partial charge in [0.1, 0.15) is 17.7 Å². The highest BCUT2D eigenvalue weighted by atomic mass is 16.5. The second-order valence-corrected chi connectivity index (χ2v) is 11.5. The number of benzene rings is 3. The Bertz CT molecular complexity index is 1820. The molecular weight excluding hydrogens is 526 g/mol. The first-order chi connectivity index (χ1) is 20.0. The zero-order valence-electron chi connectivity index (χ0n) is 24.6. The Kier molecular flexibility index (Phi) is 7.72. The normalized spacial score (nSPS) is 11.9. The topological polar surface area (TPSA) is 105 Å². The van der Waals surface area contributed by atoms with Crippen molar-refractivity contribution in [2.75, 3.05) is 0 Å². The van der Waals surface area contributed by atoms with E-state index < -0.39 is 11.2 Å². The van der Waals surface area contributed by atoms with Crippen LogP contribution in [0.15, 0.2) is 83.9 Å². The molecule has 1 N–H and O–H groups in total. The summed E-state index contributed by atoms with van der Waals surface area (Å²) >= 11 is 0. The summed E-state index contributed by atoms with van der Waals surface area (Å²) < 4.78 is 9.43. The second kappa shape index (κ2) is 11.3. The average Bonchev–Trinajstić information content (AvgIpc) is 3.45. The summed E-state index contributed by atoms with van der Waals surface area (Å²) in [5, 5.41) is 24.5. The van der Waals surface area contributed by atoms with Crippen molar-refractivity contribution in [3.8, 4) is 28.6 Å². The summed E-state index contributed by atoms with van der Waals surface area (Å²) in [7, 11) is 0. The Morgan fingerprint density at radius 2 is 1.67 bits per heavy atom. The number of rotatable bonds is 9. The zero-order chi connectivity index (χ0) is 30.1. The smallest absolute Gasteiger partial charge is 0.263 e. The standard InChI is InChI=1S/C34H35N5O3/c1-6-9-30-29(20-23-12-14-24(15-13-23)28-11-8-7-10-25(28)21-35)31(40)38(32-36-22-37-39(30)32)26-16-18-27(19-17-26)42-34(4,5)33(2,3)41/h7-8,10-19,22,41H,6,9,20H2,1-5H3. The molecule has 0 aliphatic rings. The number of nitriles is 1. The molecule has 8 heteroatoms. The molecule has 3 aromatic carbocycles. The summed E-state index contributed by atoms with van der Waals surface area (Å²) in [6.45, 7) is 9.16. The first-order valence-electron chi connectivity index (χ1n) is 14.1. The van der Waals surface area contributed by atoms with Gasteiger partial charge < -0.3 is 9.84 Å². The van der Waals surface area contributed by atoms with E-state index in [1.54, 1.807) is 35.1 Å². The minimum Gasteiger partial charge on any atom is -0.485 e. The number of hydrogen-bond acceptors (Lipinski definition) is 6. The summed E-state index contributed by atoms with van der Waals surface area (Å²) in [5.41, 5.74) is 3.53. The lowest BCUT2D eigenvalue weighted by molar-refractivity contribution is -0.0906. The number of nitrogens with zero attached hydrogens (tertiary/aromatic N) is 5. The van der Waals surface area contributed by atoms with Crippen LogP contribution in [-0.2, 0) is 12.8 Å². The SMILES string of the molecule is CCCc1c(Cc2ccc(-c3ccccc3C#N)cc2)c(=O)n(-c2ccc(OC(C)(C)C(C)(C)O)cc2)c2ncnn12. The van der Waals surface area contributed by atoms with Crippen molar-refractivity contribution in [2.24, 2.45) is 0 Å². The lowest BCUT2D eigenvalue weighted by Crippen LogP contribution is -2.49. The average molecular weight is 562 g/mol. The van der Waals surface area contributed by atoms with E-state index in [9.17, 15) is 15.2 Å². The highest BCUT2D eigenvalue weighted by Crippen LogP contribution is 2.29. The maximum absolute atomic E-state index is 14.2.